The Morgan fingerprint density at radius 1 is 1.25 bits per heavy atom. The van der Waals surface area contributed by atoms with Crippen molar-refractivity contribution in [1.82, 2.24) is 4.57 Å². The Kier molecular flexibility index (Phi) is 4.96. The average molecular weight is 413 g/mol. The molecule has 2 aromatic carbocycles. The fourth-order valence-corrected chi connectivity index (χ4v) is 5.50. The zero-order valence-electron chi connectivity index (χ0n) is 17.0. The number of halogens is 1. The lowest BCUT2D eigenvalue weighted by molar-refractivity contribution is -0.116. The van der Waals surface area contributed by atoms with Gasteiger partial charge in [-0.05, 0) is 68.1 Å². The summed E-state index contributed by atoms with van der Waals surface area (Å²) in [4.78, 5) is 12.2. The van der Waals surface area contributed by atoms with Crippen LogP contribution < -0.4 is 4.31 Å². The van der Waals surface area contributed by atoms with Crippen molar-refractivity contribution in [2.45, 2.75) is 46.7 Å². The Hall–Kier alpha value is -1.91. The van der Waals surface area contributed by atoms with E-state index in [9.17, 15) is 4.79 Å². The third-order valence-electron chi connectivity index (χ3n) is 5.73. The van der Waals surface area contributed by atoms with Gasteiger partial charge in [-0.1, -0.05) is 35.7 Å². The van der Waals surface area contributed by atoms with Gasteiger partial charge in [0.05, 0.1) is 17.2 Å². The highest BCUT2D eigenvalue weighted by molar-refractivity contribution is 8.00. The SMILES string of the molecule is CSN1c2c(C)c(CC(C)=O)c(-c3ccc(Cl)cc3)c3cc(C)n(c23)CC1C. The molecule has 0 fully saturated rings. The monoisotopic (exact) mass is 412 g/mol. The number of aryl methyl sites for hydroxylation is 1. The van der Waals surface area contributed by atoms with E-state index >= 15 is 0 Å². The van der Waals surface area contributed by atoms with Crippen LogP contribution in [0.4, 0.5) is 5.69 Å². The summed E-state index contributed by atoms with van der Waals surface area (Å²) in [6.45, 7) is 9.25. The van der Waals surface area contributed by atoms with Crippen LogP contribution in [0.25, 0.3) is 22.0 Å². The van der Waals surface area contributed by atoms with Crippen LogP contribution >= 0.6 is 23.5 Å². The van der Waals surface area contributed by atoms with Crippen molar-refractivity contribution in [2.24, 2.45) is 0 Å². The molecule has 3 aromatic rings. The topological polar surface area (TPSA) is 25.2 Å². The van der Waals surface area contributed by atoms with Gasteiger partial charge in [-0.25, -0.2) is 0 Å². The van der Waals surface area contributed by atoms with E-state index < -0.39 is 0 Å². The lowest BCUT2D eigenvalue weighted by atomic mass is 9.88. The summed E-state index contributed by atoms with van der Waals surface area (Å²) in [5, 5.41) is 1.95. The van der Waals surface area contributed by atoms with Crippen LogP contribution in [0.15, 0.2) is 30.3 Å². The largest absolute Gasteiger partial charge is 0.341 e. The van der Waals surface area contributed by atoms with E-state index in [-0.39, 0.29) is 5.78 Å². The molecule has 1 unspecified atom stereocenters. The van der Waals surface area contributed by atoms with Gasteiger partial charge in [0.1, 0.15) is 5.78 Å². The molecule has 4 rings (SSSR count). The molecule has 28 heavy (non-hydrogen) atoms. The molecule has 0 radical (unpaired) electrons. The molecule has 2 heterocycles. The Morgan fingerprint density at radius 3 is 2.54 bits per heavy atom. The second kappa shape index (κ2) is 7.16. The van der Waals surface area contributed by atoms with E-state index in [1.807, 2.05) is 12.1 Å². The zero-order valence-corrected chi connectivity index (χ0v) is 18.5. The van der Waals surface area contributed by atoms with Crippen molar-refractivity contribution in [3.63, 3.8) is 0 Å². The number of rotatable bonds is 4. The summed E-state index contributed by atoms with van der Waals surface area (Å²) in [7, 11) is 0. The van der Waals surface area contributed by atoms with Crippen LogP contribution in [0.2, 0.25) is 5.02 Å². The quantitative estimate of drug-likeness (QED) is 0.477. The second-order valence-electron chi connectivity index (χ2n) is 7.73. The Balaban J connectivity index is 2.15. The van der Waals surface area contributed by atoms with Crippen molar-refractivity contribution < 1.29 is 4.79 Å². The summed E-state index contributed by atoms with van der Waals surface area (Å²) in [5.41, 5.74) is 8.40. The smallest absolute Gasteiger partial charge is 0.134 e. The van der Waals surface area contributed by atoms with Gasteiger partial charge in [-0.2, -0.15) is 0 Å². The van der Waals surface area contributed by atoms with Crippen LogP contribution in [0, 0.1) is 13.8 Å². The summed E-state index contributed by atoms with van der Waals surface area (Å²) in [5.74, 6) is 0.181. The third kappa shape index (κ3) is 2.94. The van der Waals surface area contributed by atoms with Gasteiger partial charge in [0, 0.05) is 35.3 Å². The molecule has 146 valence electrons. The molecule has 5 heteroatoms. The average Bonchev–Trinajstić information content (AvgIpc) is 2.96. The fraction of sp³-hybridized carbons (Fsp3) is 0.348. The Labute approximate surface area is 175 Å². The number of hydrogen-bond donors (Lipinski definition) is 0. The van der Waals surface area contributed by atoms with Crippen LogP contribution in [-0.4, -0.2) is 22.6 Å². The third-order valence-corrected chi connectivity index (χ3v) is 6.92. The highest BCUT2D eigenvalue weighted by Crippen LogP contribution is 2.47. The first kappa shape index (κ1) is 19.4. The number of carbonyl (C=O) groups excluding carboxylic acids is 1. The predicted octanol–water partition coefficient (Wildman–Crippen LogP) is 6.20. The van der Waals surface area contributed by atoms with E-state index in [0.717, 1.165) is 22.7 Å². The predicted molar refractivity (Wildman–Crippen MR) is 122 cm³/mol. The van der Waals surface area contributed by atoms with Gasteiger partial charge >= 0.3 is 0 Å². The van der Waals surface area contributed by atoms with Gasteiger partial charge in [0.2, 0.25) is 0 Å². The number of aromatic nitrogens is 1. The molecule has 0 aliphatic carbocycles. The van der Waals surface area contributed by atoms with Crippen molar-refractivity contribution in [3.05, 3.63) is 52.2 Å². The summed E-state index contributed by atoms with van der Waals surface area (Å²) in [6.07, 6.45) is 2.57. The van der Waals surface area contributed by atoms with Crippen molar-refractivity contribution >= 4 is 45.9 Å². The molecular formula is C23H25ClN2OS. The van der Waals surface area contributed by atoms with E-state index in [1.54, 1.807) is 18.9 Å². The molecule has 0 bridgehead atoms. The van der Waals surface area contributed by atoms with Crippen molar-refractivity contribution in [3.8, 4) is 11.1 Å². The summed E-state index contributed by atoms with van der Waals surface area (Å²) >= 11 is 7.91. The highest BCUT2D eigenvalue weighted by Gasteiger charge is 2.31. The summed E-state index contributed by atoms with van der Waals surface area (Å²) < 4.78 is 4.85. The van der Waals surface area contributed by atoms with Crippen molar-refractivity contribution in [2.75, 3.05) is 10.6 Å². The molecule has 1 atom stereocenters. The normalized spacial score (nSPS) is 16.1. The standard InChI is InChI=1S/C23H25ClN2OS/c1-13-10-20-21(17-6-8-18(24)9-7-17)19(11-15(3)27)16(4)22-23(20)25(13)12-14(2)26(22)28-5/h6-10,14H,11-12H2,1-5H3. The maximum Gasteiger partial charge on any atom is 0.134 e. The van der Waals surface area contributed by atoms with Gasteiger partial charge in [0.15, 0.2) is 0 Å². The lowest BCUT2D eigenvalue weighted by Gasteiger charge is -2.37. The summed E-state index contributed by atoms with van der Waals surface area (Å²) in [6, 6.07) is 10.6. The minimum absolute atomic E-state index is 0.181. The molecule has 1 aliphatic rings. The second-order valence-corrected chi connectivity index (χ2v) is 8.92. The molecule has 1 aliphatic heterocycles. The van der Waals surface area contributed by atoms with Crippen LogP contribution in [-0.2, 0) is 17.8 Å². The fourth-order valence-electron chi connectivity index (χ4n) is 4.54. The molecule has 0 N–H and O–H groups in total. The van der Waals surface area contributed by atoms with Gasteiger partial charge < -0.3 is 8.87 Å². The number of ketones is 1. The molecule has 0 spiro atoms. The molecule has 0 amide bonds. The maximum atomic E-state index is 12.2. The number of nitrogens with zero attached hydrogens (tertiary/aromatic N) is 2. The van der Waals surface area contributed by atoms with Gasteiger partial charge in [0.25, 0.3) is 0 Å². The first-order chi connectivity index (χ1) is 13.3. The Morgan fingerprint density at radius 2 is 1.93 bits per heavy atom. The van der Waals surface area contributed by atoms with Gasteiger partial charge in [-0.3, -0.25) is 4.79 Å². The van der Waals surface area contributed by atoms with E-state index in [1.165, 1.54) is 33.4 Å². The number of Topliss-reactive ketones (excluding diaryl/α,β-unsaturated/α-hetero) is 1. The first-order valence-corrected chi connectivity index (χ1v) is 11.1. The molecule has 0 saturated carbocycles. The van der Waals surface area contributed by atoms with Crippen LogP contribution in [0.3, 0.4) is 0 Å². The molecule has 3 nitrogen and oxygen atoms in total. The number of carbonyl (C=O) groups is 1. The zero-order chi connectivity index (χ0) is 20.2. The molecule has 1 aromatic heterocycles. The van der Waals surface area contributed by atoms with E-state index in [4.69, 9.17) is 11.6 Å². The van der Waals surface area contributed by atoms with Crippen molar-refractivity contribution in [1.29, 1.82) is 0 Å². The minimum Gasteiger partial charge on any atom is -0.341 e. The van der Waals surface area contributed by atoms with E-state index in [2.05, 4.69) is 54.1 Å². The first-order valence-electron chi connectivity index (χ1n) is 9.57. The van der Waals surface area contributed by atoms with E-state index in [0.29, 0.717) is 12.5 Å². The number of anilines is 1. The highest BCUT2D eigenvalue weighted by atomic mass is 35.5. The van der Waals surface area contributed by atoms with Gasteiger partial charge in [-0.15, -0.1) is 0 Å². The Bertz CT molecular complexity index is 1080. The molecular weight excluding hydrogens is 388 g/mol. The maximum absolute atomic E-state index is 12.2. The number of hydrogen-bond acceptors (Lipinski definition) is 3. The number of benzene rings is 2. The van der Waals surface area contributed by atoms with Crippen LogP contribution in [0.5, 0.6) is 0 Å². The van der Waals surface area contributed by atoms with Crippen LogP contribution in [0.1, 0.15) is 30.7 Å². The minimum atomic E-state index is 0.181. The molecule has 0 saturated heterocycles. The lowest BCUT2D eigenvalue weighted by Crippen LogP contribution is -2.35.